The Morgan fingerprint density at radius 2 is 1.80 bits per heavy atom. The first-order valence-corrected chi connectivity index (χ1v) is 4.83. The van der Waals surface area contributed by atoms with E-state index in [4.69, 9.17) is 9.47 Å². The lowest BCUT2D eigenvalue weighted by atomic mass is 10.2. The number of rotatable bonds is 5. The smallest absolute Gasteiger partial charge is 0.220 e. The average Bonchev–Trinajstić information content (AvgIpc) is 2.28. The van der Waals surface area contributed by atoms with Crippen molar-refractivity contribution in [3.8, 4) is 11.8 Å². The number of ether oxygens (including phenoxy) is 2. The fraction of sp³-hybridized carbons (Fsp3) is 0.600. The molecule has 0 aliphatic heterocycles. The van der Waals surface area contributed by atoms with Crippen molar-refractivity contribution in [3.05, 3.63) is 11.9 Å². The lowest BCUT2D eigenvalue weighted by Gasteiger charge is -2.08. The molecule has 0 spiro atoms. The van der Waals surface area contributed by atoms with Crippen molar-refractivity contribution < 1.29 is 14.6 Å². The molecule has 1 atom stereocenters. The van der Waals surface area contributed by atoms with Crippen molar-refractivity contribution in [1.29, 1.82) is 0 Å². The first-order chi connectivity index (χ1) is 7.19. The summed E-state index contributed by atoms with van der Waals surface area (Å²) >= 11 is 0. The summed E-state index contributed by atoms with van der Waals surface area (Å²) in [5, 5.41) is 9.48. The predicted molar refractivity (Wildman–Crippen MR) is 55.1 cm³/mol. The second kappa shape index (κ2) is 5.50. The maximum atomic E-state index is 9.48. The Morgan fingerprint density at radius 1 is 1.27 bits per heavy atom. The molecule has 0 aliphatic carbocycles. The second-order valence-electron chi connectivity index (χ2n) is 3.14. The summed E-state index contributed by atoms with van der Waals surface area (Å²) in [6.45, 7) is 1.90. The highest BCUT2D eigenvalue weighted by atomic mass is 16.5. The van der Waals surface area contributed by atoms with E-state index in [-0.39, 0.29) is 0 Å². The molecule has 1 aromatic rings. The third-order valence-corrected chi connectivity index (χ3v) is 2.03. The van der Waals surface area contributed by atoms with Crippen LogP contribution in [0.3, 0.4) is 0 Å². The molecule has 1 rings (SSSR count). The van der Waals surface area contributed by atoms with Gasteiger partial charge in [0.2, 0.25) is 11.8 Å². The molecule has 0 bridgehead atoms. The monoisotopic (exact) mass is 212 g/mol. The van der Waals surface area contributed by atoms with Crippen molar-refractivity contribution in [2.24, 2.45) is 0 Å². The number of aromatic nitrogens is 2. The van der Waals surface area contributed by atoms with Crippen LogP contribution in [0.5, 0.6) is 11.8 Å². The zero-order valence-electron chi connectivity index (χ0n) is 9.23. The Labute approximate surface area is 89.1 Å². The maximum Gasteiger partial charge on any atom is 0.220 e. The zero-order valence-corrected chi connectivity index (χ0v) is 9.23. The van der Waals surface area contributed by atoms with Gasteiger partial charge in [0.1, 0.15) is 5.82 Å². The fourth-order valence-corrected chi connectivity index (χ4v) is 1.11. The van der Waals surface area contributed by atoms with Gasteiger partial charge < -0.3 is 14.6 Å². The SMILES string of the molecule is CCC(O)Cc1nc(OC)cc(OC)n1. The topological polar surface area (TPSA) is 64.5 Å². The van der Waals surface area contributed by atoms with Crippen molar-refractivity contribution in [2.45, 2.75) is 25.9 Å². The molecule has 84 valence electrons. The molecule has 0 saturated heterocycles. The summed E-state index contributed by atoms with van der Waals surface area (Å²) in [7, 11) is 3.06. The predicted octanol–water partition coefficient (Wildman–Crippen LogP) is 0.807. The molecule has 1 N–H and O–H groups in total. The number of nitrogens with zero attached hydrogens (tertiary/aromatic N) is 2. The number of aliphatic hydroxyl groups excluding tert-OH is 1. The number of hydrogen-bond donors (Lipinski definition) is 1. The third-order valence-electron chi connectivity index (χ3n) is 2.03. The summed E-state index contributed by atoms with van der Waals surface area (Å²) in [6, 6.07) is 1.60. The van der Waals surface area contributed by atoms with E-state index in [1.165, 1.54) is 14.2 Å². The Bertz CT molecular complexity index is 295. The Balaban J connectivity index is 2.86. The van der Waals surface area contributed by atoms with Crippen LogP contribution >= 0.6 is 0 Å². The van der Waals surface area contributed by atoms with Gasteiger partial charge in [0.15, 0.2) is 0 Å². The van der Waals surface area contributed by atoms with Gasteiger partial charge in [-0.25, -0.2) is 0 Å². The quantitative estimate of drug-likeness (QED) is 0.782. The van der Waals surface area contributed by atoms with Crippen LogP contribution in [0.25, 0.3) is 0 Å². The molecule has 1 heterocycles. The van der Waals surface area contributed by atoms with Crippen LogP contribution in [0.4, 0.5) is 0 Å². The van der Waals surface area contributed by atoms with Crippen LogP contribution in [-0.4, -0.2) is 35.4 Å². The molecule has 0 aliphatic rings. The van der Waals surface area contributed by atoms with E-state index in [9.17, 15) is 5.11 Å². The van der Waals surface area contributed by atoms with Crippen LogP contribution in [0.1, 0.15) is 19.2 Å². The van der Waals surface area contributed by atoms with E-state index in [1.807, 2.05) is 6.92 Å². The lowest BCUT2D eigenvalue weighted by Crippen LogP contribution is -2.12. The summed E-state index contributed by atoms with van der Waals surface area (Å²) in [4.78, 5) is 8.23. The van der Waals surface area contributed by atoms with Crippen LogP contribution < -0.4 is 9.47 Å². The summed E-state index contributed by atoms with van der Waals surface area (Å²) in [6.07, 6.45) is 0.647. The minimum atomic E-state index is -0.429. The van der Waals surface area contributed by atoms with Crippen molar-refractivity contribution in [3.63, 3.8) is 0 Å². The van der Waals surface area contributed by atoms with Crippen LogP contribution in [0.2, 0.25) is 0 Å². The van der Waals surface area contributed by atoms with E-state index in [1.54, 1.807) is 6.07 Å². The van der Waals surface area contributed by atoms with Gasteiger partial charge in [-0.05, 0) is 6.42 Å². The molecule has 0 saturated carbocycles. The molecule has 0 aromatic carbocycles. The van der Waals surface area contributed by atoms with E-state index >= 15 is 0 Å². The maximum absolute atomic E-state index is 9.48. The molecule has 0 amide bonds. The van der Waals surface area contributed by atoms with Gasteiger partial charge in [0.25, 0.3) is 0 Å². The van der Waals surface area contributed by atoms with Gasteiger partial charge in [0, 0.05) is 6.42 Å². The highest BCUT2D eigenvalue weighted by molar-refractivity contribution is 5.21. The van der Waals surface area contributed by atoms with E-state index < -0.39 is 6.10 Å². The second-order valence-corrected chi connectivity index (χ2v) is 3.14. The Hall–Kier alpha value is -1.36. The highest BCUT2D eigenvalue weighted by Crippen LogP contribution is 2.15. The normalized spacial score (nSPS) is 12.3. The largest absolute Gasteiger partial charge is 0.481 e. The number of methoxy groups -OCH3 is 2. The van der Waals surface area contributed by atoms with Crippen LogP contribution in [0.15, 0.2) is 6.07 Å². The molecular formula is C10H16N2O3. The minimum Gasteiger partial charge on any atom is -0.481 e. The average molecular weight is 212 g/mol. The molecule has 0 fully saturated rings. The summed E-state index contributed by atoms with van der Waals surface area (Å²) < 4.78 is 10.00. The standard InChI is InChI=1S/C10H16N2O3/c1-4-7(13)5-8-11-9(14-2)6-10(12-8)15-3/h6-7,13H,4-5H2,1-3H3. The molecule has 5 nitrogen and oxygen atoms in total. The molecular weight excluding hydrogens is 196 g/mol. The highest BCUT2D eigenvalue weighted by Gasteiger charge is 2.09. The molecule has 1 aromatic heterocycles. The van der Waals surface area contributed by atoms with Gasteiger partial charge in [-0.1, -0.05) is 6.92 Å². The van der Waals surface area contributed by atoms with Gasteiger partial charge in [-0.2, -0.15) is 9.97 Å². The zero-order chi connectivity index (χ0) is 11.3. The molecule has 0 radical (unpaired) electrons. The van der Waals surface area contributed by atoms with Crippen LogP contribution in [-0.2, 0) is 6.42 Å². The molecule has 1 unspecified atom stereocenters. The lowest BCUT2D eigenvalue weighted by molar-refractivity contribution is 0.167. The van der Waals surface area contributed by atoms with Gasteiger partial charge in [-0.15, -0.1) is 0 Å². The van der Waals surface area contributed by atoms with Gasteiger partial charge in [0.05, 0.1) is 26.4 Å². The Kier molecular flexibility index (Phi) is 4.30. The summed E-state index contributed by atoms with van der Waals surface area (Å²) in [5.41, 5.74) is 0. The Morgan fingerprint density at radius 3 is 2.20 bits per heavy atom. The van der Waals surface area contributed by atoms with E-state index in [0.717, 1.165) is 0 Å². The molecule has 5 heteroatoms. The third kappa shape index (κ3) is 3.36. The van der Waals surface area contributed by atoms with Crippen molar-refractivity contribution in [1.82, 2.24) is 9.97 Å². The number of aliphatic hydroxyl groups is 1. The van der Waals surface area contributed by atoms with E-state index in [0.29, 0.717) is 30.4 Å². The van der Waals surface area contributed by atoms with Crippen LogP contribution in [0, 0.1) is 0 Å². The first kappa shape index (κ1) is 11.7. The van der Waals surface area contributed by atoms with Crippen molar-refractivity contribution in [2.75, 3.05) is 14.2 Å². The minimum absolute atomic E-state index is 0.407. The number of hydrogen-bond acceptors (Lipinski definition) is 5. The fourth-order valence-electron chi connectivity index (χ4n) is 1.11. The molecule has 15 heavy (non-hydrogen) atoms. The van der Waals surface area contributed by atoms with E-state index in [2.05, 4.69) is 9.97 Å². The van der Waals surface area contributed by atoms with Gasteiger partial charge >= 0.3 is 0 Å². The summed E-state index contributed by atoms with van der Waals surface area (Å²) in [5.74, 6) is 1.42. The van der Waals surface area contributed by atoms with Gasteiger partial charge in [-0.3, -0.25) is 0 Å². The first-order valence-electron chi connectivity index (χ1n) is 4.83. The van der Waals surface area contributed by atoms with Crippen molar-refractivity contribution >= 4 is 0 Å².